The fraction of sp³-hybridized carbons (Fsp3) is 0.273. The van der Waals surface area contributed by atoms with Crippen LogP contribution in [0.1, 0.15) is 36.1 Å². The van der Waals surface area contributed by atoms with Crippen molar-refractivity contribution in [2.75, 3.05) is 11.9 Å². The maximum absolute atomic E-state index is 12.9. The number of rotatable bonds is 5. The second-order valence-corrected chi connectivity index (χ2v) is 6.60. The summed E-state index contributed by atoms with van der Waals surface area (Å²) in [6, 6.07) is 13.9. The van der Waals surface area contributed by atoms with Crippen molar-refractivity contribution in [2.24, 2.45) is 0 Å². The summed E-state index contributed by atoms with van der Waals surface area (Å²) < 4.78 is 0. The molecule has 1 heterocycles. The number of nitrogens with one attached hydrogen (secondary N) is 1. The number of hydrogen-bond acceptors (Lipinski definition) is 3. The highest BCUT2D eigenvalue weighted by molar-refractivity contribution is 6.36. The lowest BCUT2D eigenvalue weighted by Gasteiger charge is -2.12. The summed E-state index contributed by atoms with van der Waals surface area (Å²) in [7, 11) is 0. The van der Waals surface area contributed by atoms with E-state index in [0.717, 1.165) is 28.8 Å². The van der Waals surface area contributed by atoms with Crippen LogP contribution in [0, 0.1) is 13.8 Å². The molecule has 0 aromatic heterocycles. The van der Waals surface area contributed by atoms with Gasteiger partial charge in [-0.2, -0.15) is 0 Å². The van der Waals surface area contributed by atoms with Crippen molar-refractivity contribution in [1.82, 2.24) is 4.90 Å². The van der Waals surface area contributed by atoms with Gasteiger partial charge in [0, 0.05) is 12.2 Å². The van der Waals surface area contributed by atoms with Gasteiger partial charge < -0.3 is 5.32 Å². The lowest BCUT2D eigenvalue weighted by molar-refractivity contribution is -0.136. The lowest BCUT2D eigenvalue weighted by atomic mass is 9.97. The van der Waals surface area contributed by atoms with E-state index < -0.39 is 0 Å². The predicted octanol–water partition coefficient (Wildman–Crippen LogP) is 4.08. The van der Waals surface area contributed by atoms with E-state index in [1.165, 1.54) is 10.5 Å². The molecule has 0 fully saturated rings. The van der Waals surface area contributed by atoms with Crippen molar-refractivity contribution in [3.05, 3.63) is 70.4 Å². The molecule has 4 heteroatoms. The van der Waals surface area contributed by atoms with Gasteiger partial charge >= 0.3 is 0 Å². The van der Waals surface area contributed by atoms with Gasteiger partial charge in [-0.05, 0) is 56.0 Å². The highest BCUT2D eigenvalue weighted by atomic mass is 16.2. The zero-order chi connectivity index (χ0) is 18.8. The zero-order valence-electron chi connectivity index (χ0n) is 15.7. The number of imide groups is 1. The van der Waals surface area contributed by atoms with Crippen molar-refractivity contribution in [2.45, 2.75) is 34.1 Å². The molecule has 4 nitrogen and oxygen atoms in total. The molecule has 1 aliphatic heterocycles. The van der Waals surface area contributed by atoms with Crippen LogP contribution in [0.25, 0.3) is 5.57 Å². The average Bonchev–Trinajstić information content (AvgIpc) is 2.86. The average molecular weight is 348 g/mol. The normalized spacial score (nSPS) is 14.4. The quantitative estimate of drug-likeness (QED) is 0.829. The molecule has 3 rings (SSSR count). The Bertz CT molecular complexity index is 895. The Balaban J connectivity index is 2.09. The van der Waals surface area contributed by atoms with E-state index in [2.05, 4.69) is 12.2 Å². The maximum Gasteiger partial charge on any atom is 0.278 e. The van der Waals surface area contributed by atoms with Crippen molar-refractivity contribution >= 4 is 23.1 Å². The topological polar surface area (TPSA) is 49.4 Å². The number of nitrogens with zero attached hydrogens (tertiary/aromatic N) is 1. The van der Waals surface area contributed by atoms with Crippen molar-refractivity contribution in [3.63, 3.8) is 0 Å². The van der Waals surface area contributed by atoms with Crippen LogP contribution in [0.4, 0.5) is 5.69 Å². The monoisotopic (exact) mass is 348 g/mol. The number of likely N-dealkylation sites (N-methyl/N-ethyl adjacent to an activating group) is 1. The molecule has 0 aliphatic carbocycles. The van der Waals surface area contributed by atoms with Crippen LogP contribution in [-0.4, -0.2) is 23.3 Å². The Labute approximate surface area is 154 Å². The molecule has 0 saturated carbocycles. The van der Waals surface area contributed by atoms with Gasteiger partial charge in [-0.1, -0.05) is 42.8 Å². The summed E-state index contributed by atoms with van der Waals surface area (Å²) in [6.07, 6.45) is 0.956. The predicted molar refractivity (Wildman–Crippen MR) is 105 cm³/mol. The summed E-state index contributed by atoms with van der Waals surface area (Å²) in [4.78, 5) is 27.0. The number of anilines is 1. The first kappa shape index (κ1) is 17.9. The molecule has 2 aromatic carbocycles. The standard InChI is InChI=1S/C22H24N2O2/c1-5-16-8-10-17(11-9-16)23-20-19(21(25)24(6-2)22(20)26)18-12-7-14(3)13-15(18)4/h7-13,23H,5-6H2,1-4H3. The molecule has 2 aromatic rings. The van der Waals surface area contributed by atoms with Crippen LogP contribution in [-0.2, 0) is 16.0 Å². The Morgan fingerprint density at radius 2 is 1.62 bits per heavy atom. The number of aryl methyl sites for hydroxylation is 3. The fourth-order valence-corrected chi connectivity index (χ4v) is 3.29. The van der Waals surface area contributed by atoms with Crippen LogP contribution in [0.2, 0.25) is 0 Å². The number of benzene rings is 2. The Morgan fingerprint density at radius 3 is 2.19 bits per heavy atom. The van der Waals surface area contributed by atoms with Crippen LogP contribution in [0.5, 0.6) is 0 Å². The van der Waals surface area contributed by atoms with E-state index in [4.69, 9.17) is 0 Å². The summed E-state index contributed by atoms with van der Waals surface area (Å²) in [5.74, 6) is -0.510. The van der Waals surface area contributed by atoms with E-state index in [0.29, 0.717) is 17.8 Å². The first-order valence-corrected chi connectivity index (χ1v) is 9.00. The Morgan fingerprint density at radius 1 is 0.923 bits per heavy atom. The Kier molecular flexibility index (Phi) is 4.94. The number of hydrogen-bond donors (Lipinski definition) is 1. The second kappa shape index (κ2) is 7.16. The van der Waals surface area contributed by atoms with Crippen LogP contribution < -0.4 is 5.32 Å². The first-order valence-electron chi connectivity index (χ1n) is 9.00. The molecule has 134 valence electrons. The van der Waals surface area contributed by atoms with E-state index in [1.54, 1.807) is 0 Å². The first-order chi connectivity index (χ1) is 12.5. The fourth-order valence-electron chi connectivity index (χ4n) is 3.29. The van der Waals surface area contributed by atoms with Crippen LogP contribution >= 0.6 is 0 Å². The molecule has 1 aliphatic rings. The number of carbonyl (C=O) groups is 2. The zero-order valence-corrected chi connectivity index (χ0v) is 15.7. The van der Waals surface area contributed by atoms with Gasteiger partial charge in [0.15, 0.2) is 0 Å². The van der Waals surface area contributed by atoms with Gasteiger partial charge in [0.05, 0.1) is 5.57 Å². The third kappa shape index (κ3) is 3.15. The van der Waals surface area contributed by atoms with E-state index >= 15 is 0 Å². The lowest BCUT2D eigenvalue weighted by Crippen LogP contribution is -2.32. The summed E-state index contributed by atoms with van der Waals surface area (Å²) >= 11 is 0. The largest absolute Gasteiger partial charge is 0.350 e. The van der Waals surface area contributed by atoms with Crippen LogP contribution in [0.15, 0.2) is 48.2 Å². The van der Waals surface area contributed by atoms with Gasteiger partial charge in [-0.25, -0.2) is 0 Å². The molecule has 26 heavy (non-hydrogen) atoms. The molecule has 2 amide bonds. The minimum absolute atomic E-state index is 0.239. The van der Waals surface area contributed by atoms with Gasteiger partial charge in [-0.3, -0.25) is 14.5 Å². The summed E-state index contributed by atoms with van der Waals surface area (Å²) in [5.41, 5.74) is 5.75. The maximum atomic E-state index is 12.9. The molecular weight excluding hydrogens is 324 g/mol. The van der Waals surface area contributed by atoms with Gasteiger partial charge in [0.2, 0.25) is 0 Å². The Hall–Kier alpha value is -2.88. The molecule has 0 spiro atoms. The van der Waals surface area contributed by atoms with Gasteiger partial charge in [-0.15, -0.1) is 0 Å². The molecule has 0 saturated heterocycles. The molecule has 0 atom stereocenters. The smallest absolute Gasteiger partial charge is 0.278 e. The molecule has 1 N–H and O–H groups in total. The van der Waals surface area contributed by atoms with E-state index in [9.17, 15) is 9.59 Å². The molecule has 0 bridgehead atoms. The highest BCUT2D eigenvalue weighted by Crippen LogP contribution is 2.32. The minimum Gasteiger partial charge on any atom is -0.350 e. The van der Waals surface area contributed by atoms with E-state index in [1.807, 2.05) is 63.2 Å². The highest BCUT2D eigenvalue weighted by Gasteiger charge is 2.38. The molecule has 0 radical (unpaired) electrons. The number of amides is 2. The van der Waals surface area contributed by atoms with Gasteiger partial charge in [0.1, 0.15) is 5.70 Å². The molecule has 0 unspecified atom stereocenters. The number of carbonyl (C=O) groups excluding carboxylic acids is 2. The van der Waals surface area contributed by atoms with Crippen molar-refractivity contribution in [3.8, 4) is 0 Å². The molecular formula is C22H24N2O2. The van der Waals surface area contributed by atoms with Crippen molar-refractivity contribution < 1.29 is 9.59 Å². The second-order valence-electron chi connectivity index (χ2n) is 6.60. The van der Waals surface area contributed by atoms with Crippen molar-refractivity contribution in [1.29, 1.82) is 0 Å². The summed E-state index contributed by atoms with van der Waals surface area (Å²) in [6.45, 7) is 8.25. The van der Waals surface area contributed by atoms with E-state index in [-0.39, 0.29) is 11.8 Å². The van der Waals surface area contributed by atoms with Gasteiger partial charge in [0.25, 0.3) is 11.8 Å². The SMILES string of the molecule is CCc1ccc(NC2=C(c3ccc(C)cc3C)C(=O)N(CC)C2=O)cc1. The third-order valence-corrected chi connectivity index (χ3v) is 4.77. The third-order valence-electron chi connectivity index (χ3n) is 4.77. The minimum atomic E-state index is -0.271. The van der Waals surface area contributed by atoms with Crippen LogP contribution in [0.3, 0.4) is 0 Å². The summed E-state index contributed by atoms with van der Waals surface area (Å²) in [5, 5.41) is 3.19.